The van der Waals surface area contributed by atoms with E-state index in [0.29, 0.717) is 5.75 Å². The molecule has 7 heavy (non-hydrogen) atoms. The van der Waals surface area contributed by atoms with Gasteiger partial charge in [-0.1, -0.05) is 5.92 Å². The second kappa shape index (κ2) is 4.04. The SMILES string of the molecule is C#CC(O)CSC. The van der Waals surface area contributed by atoms with Crippen molar-refractivity contribution < 1.29 is 5.11 Å². The van der Waals surface area contributed by atoms with Gasteiger partial charge in [-0.2, -0.15) is 11.8 Å². The van der Waals surface area contributed by atoms with Gasteiger partial charge in [0.1, 0.15) is 6.10 Å². The molecule has 0 rings (SSSR count). The maximum atomic E-state index is 8.60. The van der Waals surface area contributed by atoms with E-state index >= 15 is 0 Å². The molecule has 1 atom stereocenters. The van der Waals surface area contributed by atoms with Gasteiger partial charge < -0.3 is 5.11 Å². The van der Waals surface area contributed by atoms with Gasteiger partial charge in [0.25, 0.3) is 0 Å². The molecular formula is C5H8OS. The Balaban J connectivity index is 3.04. The Morgan fingerprint density at radius 2 is 2.57 bits per heavy atom. The molecule has 0 aliphatic carbocycles. The summed E-state index contributed by atoms with van der Waals surface area (Å²) in [5.41, 5.74) is 0. The molecule has 0 bridgehead atoms. The lowest BCUT2D eigenvalue weighted by atomic mass is 10.4. The molecule has 0 aromatic rings. The summed E-state index contributed by atoms with van der Waals surface area (Å²) in [4.78, 5) is 0. The van der Waals surface area contributed by atoms with Crippen molar-refractivity contribution in [3.8, 4) is 12.3 Å². The van der Waals surface area contributed by atoms with E-state index in [0.717, 1.165) is 0 Å². The van der Waals surface area contributed by atoms with Crippen molar-refractivity contribution in [2.45, 2.75) is 6.10 Å². The summed E-state index contributed by atoms with van der Waals surface area (Å²) in [7, 11) is 0. The standard InChI is InChI=1S/C5H8OS/c1-3-5(6)4-7-2/h1,5-6H,4H2,2H3. The van der Waals surface area contributed by atoms with E-state index in [2.05, 4.69) is 5.92 Å². The third-order valence-electron chi connectivity index (χ3n) is 0.517. The topological polar surface area (TPSA) is 20.2 Å². The van der Waals surface area contributed by atoms with Crippen molar-refractivity contribution >= 4 is 11.8 Å². The summed E-state index contributed by atoms with van der Waals surface area (Å²) in [5, 5.41) is 8.60. The third kappa shape index (κ3) is 3.71. The van der Waals surface area contributed by atoms with Crippen molar-refractivity contribution in [3.63, 3.8) is 0 Å². The number of hydrogen-bond donors (Lipinski definition) is 1. The zero-order valence-corrected chi connectivity index (χ0v) is 5.03. The van der Waals surface area contributed by atoms with Crippen LogP contribution >= 0.6 is 11.8 Å². The minimum Gasteiger partial charge on any atom is -0.380 e. The average Bonchev–Trinajstić information content (AvgIpc) is 1.68. The van der Waals surface area contributed by atoms with E-state index in [1.54, 1.807) is 11.8 Å². The number of aliphatic hydroxyl groups excluding tert-OH is 1. The Morgan fingerprint density at radius 1 is 2.00 bits per heavy atom. The molecule has 0 aliphatic heterocycles. The van der Waals surface area contributed by atoms with E-state index < -0.39 is 6.10 Å². The van der Waals surface area contributed by atoms with Crippen molar-refractivity contribution in [1.82, 2.24) is 0 Å². The van der Waals surface area contributed by atoms with E-state index in [1.165, 1.54) is 0 Å². The summed E-state index contributed by atoms with van der Waals surface area (Å²) in [5.74, 6) is 2.84. The summed E-state index contributed by atoms with van der Waals surface area (Å²) >= 11 is 1.54. The van der Waals surface area contributed by atoms with Gasteiger partial charge in [-0.15, -0.1) is 6.42 Å². The number of hydrogen-bond acceptors (Lipinski definition) is 2. The molecule has 0 amide bonds. The van der Waals surface area contributed by atoms with Gasteiger partial charge in [-0.25, -0.2) is 0 Å². The minimum atomic E-state index is -0.560. The molecule has 0 aliphatic rings. The Hall–Kier alpha value is -0.130. The van der Waals surface area contributed by atoms with Gasteiger partial charge in [0.05, 0.1) is 0 Å². The number of thioether (sulfide) groups is 1. The highest BCUT2D eigenvalue weighted by Gasteiger charge is 1.92. The normalized spacial score (nSPS) is 12.7. The molecule has 0 saturated carbocycles. The first-order valence-corrected chi connectivity index (χ1v) is 3.33. The second-order valence-corrected chi connectivity index (χ2v) is 2.05. The van der Waals surface area contributed by atoms with Gasteiger partial charge in [0, 0.05) is 5.75 Å². The van der Waals surface area contributed by atoms with Crippen LogP contribution in [-0.2, 0) is 0 Å². The predicted octanol–water partition coefficient (Wildman–Crippen LogP) is 0.344. The number of rotatable bonds is 2. The smallest absolute Gasteiger partial charge is 0.123 e. The van der Waals surface area contributed by atoms with Crippen molar-refractivity contribution in [3.05, 3.63) is 0 Å². The van der Waals surface area contributed by atoms with Crippen molar-refractivity contribution in [2.75, 3.05) is 12.0 Å². The van der Waals surface area contributed by atoms with Crippen LogP contribution in [-0.4, -0.2) is 23.2 Å². The molecule has 2 heteroatoms. The molecule has 1 N–H and O–H groups in total. The van der Waals surface area contributed by atoms with Gasteiger partial charge in [-0.3, -0.25) is 0 Å². The van der Waals surface area contributed by atoms with E-state index in [9.17, 15) is 0 Å². The summed E-state index contributed by atoms with van der Waals surface area (Å²) in [6.07, 6.45) is 6.19. The van der Waals surface area contributed by atoms with Crippen molar-refractivity contribution in [2.24, 2.45) is 0 Å². The van der Waals surface area contributed by atoms with Gasteiger partial charge in [-0.05, 0) is 6.26 Å². The highest BCUT2D eigenvalue weighted by Crippen LogP contribution is 1.93. The lowest BCUT2D eigenvalue weighted by molar-refractivity contribution is 0.258. The molecule has 0 aromatic heterocycles. The van der Waals surface area contributed by atoms with Crippen LogP contribution in [0.3, 0.4) is 0 Å². The first-order chi connectivity index (χ1) is 3.31. The van der Waals surface area contributed by atoms with Crippen LogP contribution in [0.15, 0.2) is 0 Å². The van der Waals surface area contributed by atoms with Crippen LogP contribution in [0, 0.1) is 12.3 Å². The molecular weight excluding hydrogens is 108 g/mol. The van der Waals surface area contributed by atoms with Crippen LogP contribution in [0.4, 0.5) is 0 Å². The Kier molecular flexibility index (Phi) is 3.97. The first-order valence-electron chi connectivity index (χ1n) is 1.94. The van der Waals surface area contributed by atoms with Gasteiger partial charge >= 0.3 is 0 Å². The maximum absolute atomic E-state index is 8.60. The maximum Gasteiger partial charge on any atom is 0.123 e. The van der Waals surface area contributed by atoms with E-state index in [-0.39, 0.29) is 0 Å². The zero-order chi connectivity index (χ0) is 5.70. The molecule has 0 saturated heterocycles. The third-order valence-corrected chi connectivity index (χ3v) is 1.17. The molecule has 1 nitrogen and oxygen atoms in total. The van der Waals surface area contributed by atoms with Crippen LogP contribution in [0.2, 0.25) is 0 Å². The molecule has 0 heterocycles. The average molecular weight is 116 g/mol. The largest absolute Gasteiger partial charge is 0.380 e. The molecule has 0 aromatic carbocycles. The van der Waals surface area contributed by atoms with Crippen molar-refractivity contribution in [1.29, 1.82) is 0 Å². The molecule has 0 radical (unpaired) electrons. The molecule has 0 fully saturated rings. The van der Waals surface area contributed by atoms with Crippen LogP contribution in [0.1, 0.15) is 0 Å². The summed E-state index contributed by atoms with van der Waals surface area (Å²) in [6, 6.07) is 0. The zero-order valence-electron chi connectivity index (χ0n) is 4.22. The molecule has 1 unspecified atom stereocenters. The Labute approximate surface area is 48.1 Å². The first kappa shape index (κ1) is 6.87. The monoisotopic (exact) mass is 116 g/mol. The van der Waals surface area contributed by atoms with Gasteiger partial charge in [0.15, 0.2) is 0 Å². The second-order valence-electron chi connectivity index (χ2n) is 1.14. The fraction of sp³-hybridized carbons (Fsp3) is 0.600. The van der Waals surface area contributed by atoms with Gasteiger partial charge in [0.2, 0.25) is 0 Å². The van der Waals surface area contributed by atoms with E-state index in [4.69, 9.17) is 11.5 Å². The summed E-state index contributed by atoms with van der Waals surface area (Å²) < 4.78 is 0. The summed E-state index contributed by atoms with van der Waals surface area (Å²) in [6.45, 7) is 0. The van der Waals surface area contributed by atoms with Crippen LogP contribution < -0.4 is 0 Å². The van der Waals surface area contributed by atoms with Crippen LogP contribution in [0.25, 0.3) is 0 Å². The Morgan fingerprint density at radius 3 is 2.71 bits per heavy atom. The molecule has 40 valence electrons. The number of aliphatic hydroxyl groups is 1. The highest BCUT2D eigenvalue weighted by molar-refractivity contribution is 7.98. The number of terminal acetylenes is 1. The quantitative estimate of drug-likeness (QED) is 0.525. The molecule has 0 spiro atoms. The minimum absolute atomic E-state index is 0.560. The Bertz CT molecular complexity index is 74.6. The van der Waals surface area contributed by atoms with E-state index in [1.807, 2.05) is 6.26 Å². The fourth-order valence-corrected chi connectivity index (χ4v) is 0.618. The fourth-order valence-electron chi connectivity index (χ4n) is 0.206. The predicted molar refractivity (Wildman–Crippen MR) is 33.2 cm³/mol. The lowest BCUT2D eigenvalue weighted by Gasteiger charge is -1.95. The highest BCUT2D eigenvalue weighted by atomic mass is 32.2. The van der Waals surface area contributed by atoms with Crippen LogP contribution in [0.5, 0.6) is 0 Å². The lowest BCUT2D eigenvalue weighted by Crippen LogP contribution is -2.04.